The van der Waals surface area contributed by atoms with E-state index in [-0.39, 0.29) is 11.1 Å². The zero-order valence-electron chi connectivity index (χ0n) is 20.1. The molecular formula is C24H34N8O4. The normalized spacial score (nSPS) is 12.4. The summed E-state index contributed by atoms with van der Waals surface area (Å²) in [5, 5.41) is 5.27. The van der Waals surface area contributed by atoms with Crippen molar-refractivity contribution in [2.45, 2.75) is 50.6 Å². The highest BCUT2D eigenvalue weighted by molar-refractivity contribution is 5.99. The number of pyridine rings is 2. The molecule has 12 nitrogen and oxygen atoms in total. The van der Waals surface area contributed by atoms with E-state index in [4.69, 9.17) is 22.9 Å². The number of hydrogen-bond acceptors (Lipinski definition) is 8. The van der Waals surface area contributed by atoms with Gasteiger partial charge in [-0.15, -0.1) is 0 Å². The minimum atomic E-state index is -0.825. The van der Waals surface area contributed by atoms with E-state index in [0.717, 1.165) is 0 Å². The van der Waals surface area contributed by atoms with Gasteiger partial charge in [-0.05, 0) is 75.9 Å². The van der Waals surface area contributed by atoms with E-state index >= 15 is 0 Å². The smallest absolute Gasteiger partial charge is 0.252 e. The topological polar surface area (TPSA) is 222 Å². The number of rotatable bonds is 15. The summed E-state index contributed by atoms with van der Waals surface area (Å²) in [6.45, 7) is 0.962. The molecule has 0 aliphatic carbocycles. The van der Waals surface area contributed by atoms with Gasteiger partial charge in [-0.25, -0.2) is 0 Å². The molecule has 10 N–H and O–H groups in total. The second kappa shape index (κ2) is 14.5. The maximum absolute atomic E-state index is 12.7. The van der Waals surface area contributed by atoms with Gasteiger partial charge in [-0.3, -0.25) is 29.1 Å². The van der Waals surface area contributed by atoms with E-state index < -0.39 is 35.7 Å². The van der Waals surface area contributed by atoms with Crippen LogP contribution in [0.2, 0.25) is 0 Å². The van der Waals surface area contributed by atoms with Gasteiger partial charge in [0.15, 0.2) is 0 Å². The number of nitrogens with two attached hydrogens (primary N) is 4. The van der Waals surface area contributed by atoms with E-state index in [0.29, 0.717) is 63.0 Å². The zero-order chi connectivity index (χ0) is 26.5. The first-order valence-electron chi connectivity index (χ1n) is 11.8. The number of carbonyl (C=O) groups is 4. The average molecular weight is 499 g/mol. The van der Waals surface area contributed by atoms with Crippen LogP contribution in [-0.4, -0.2) is 58.8 Å². The Labute approximate surface area is 209 Å². The van der Waals surface area contributed by atoms with Gasteiger partial charge in [0.1, 0.15) is 12.1 Å². The first-order valence-corrected chi connectivity index (χ1v) is 11.8. The molecule has 0 fully saturated rings. The Hall–Kier alpha value is -3.90. The van der Waals surface area contributed by atoms with Crippen molar-refractivity contribution in [1.82, 2.24) is 20.6 Å². The van der Waals surface area contributed by atoms with Crippen molar-refractivity contribution in [2.75, 3.05) is 13.1 Å². The molecule has 0 aromatic carbocycles. The van der Waals surface area contributed by atoms with Crippen LogP contribution >= 0.6 is 0 Å². The summed E-state index contributed by atoms with van der Waals surface area (Å²) in [5.41, 5.74) is 23.0. The average Bonchev–Trinajstić information content (AvgIpc) is 2.87. The molecule has 2 heterocycles. The fourth-order valence-electron chi connectivity index (χ4n) is 3.46. The second-order valence-electron chi connectivity index (χ2n) is 8.29. The molecule has 36 heavy (non-hydrogen) atoms. The second-order valence-corrected chi connectivity index (χ2v) is 8.29. The molecule has 0 saturated carbocycles. The minimum absolute atomic E-state index is 0.246. The molecule has 0 aliphatic heterocycles. The van der Waals surface area contributed by atoms with E-state index in [9.17, 15) is 19.2 Å². The number of unbranched alkanes of at least 4 members (excludes halogenated alkanes) is 2. The zero-order valence-corrected chi connectivity index (χ0v) is 20.1. The van der Waals surface area contributed by atoms with Crippen LogP contribution in [0.15, 0.2) is 36.7 Å². The summed E-state index contributed by atoms with van der Waals surface area (Å²) in [4.78, 5) is 57.4. The Bertz CT molecular complexity index is 978. The number of nitrogens with zero attached hydrogens (tertiary/aromatic N) is 2. The molecule has 0 aliphatic rings. The van der Waals surface area contributed by atoms with Gasteiger partial charge in [-0.1, -0.05) is 0 Å². The largest absolute Gasteiger partial charge is 0.368 e. The van der Waals surface area contributed by atoms with E-state index in [2.05, 4.69) is 20.6 Å². The van der Waals surface area contributed by atoms with Gasteiger partial charge in [0.2, 0.25) is 11.8 Å². The van der Waals surface area contributed by atoms with Crippen LogP contribution in [-0.2, 0) is 9.59 Å². The van der Waals surface area contributed by atoms with Crippen LogP contribution in [0, 0.1) is 0 Å². The van der Waals surface area contributed by atoms with Crippen LogP contribution in [0.5, 0.6) is 0 Å². The molecule has 2 aromatic rings. The monoisotopic (exact) mass is 498 g/mol. The summed E-state index contributed by atoms with van der Waals surface area (Å²) in [5.74, 6) is -2.25. The lowest BCUT2D eigenvalue weighted by atomic mass is 10.1. The molecule has 12 heteroatoms. The minimum Gasteiger partial charge on any atom is -0.368 e. The van der Waals surface area contributed by atoms with Crippen molar-refractivity contribution in [3.05, 3.63) is 47.8 Å². The summed E-state index contributed by atoms with van der Waals surface area (Å²) < 4.78 is 0. The molecule has 0 bridgehead atoms. The number of amides is 4. The summed E-state index contributed by atoms with van der Waals surface area (Å²) in [6.07, 6.45) is 6.33. The molecular weight excluding hydrogens is 464 g/mol. The Morgan fingerprint density at radius 2 is 1.08 bits per heavy atom. The molecule has 0 saturated heterocycles. The first kappa shape index (κ1) is 28.3. The fourth-order valence-corrected chi connectivity index (χ4v) is 3.46. The molecule has 4 amide bonds. The number of carbonyl (C=O) groups excluding carboxylic acids is 4. The van der Waals surface area contributed by atoms with Crippen LogP contribution in [0.3, 0.4) is 0 Å². The standard InChI is InChI=1S/C24H34N8O4/c25-9-3-1-5-17(21(27)33)31-23(35)15-7-11-29-19(13-15)20-14-16(8-12-30-20)24(36)32-18(22(28)34)6-2-4-10-26/h7-8,11-14,17-18H,1-6,9-10,25-26H2,(H2,27,33)(H2,28,34)(H,31,35)(H,32,36)/t17-,18-/m0/s1. The summed E-state index contributed by atoms with van der Waals surface area (Å²) >= 11 is 0. The van der Waals surface area contributed by atoms with Crippen molar-refractivity contribution >= 4 is 23.6 Å². The lowest BCUT2D eigenvalue weighted by Crippen LogP contribution is -2.44. The molecule has 2 atom stereocenters. The Kier molecular flexibility index (Phi) is 11.4. The SMILES string of the molecule is NCCCC[C@H](NC(=O)c1ccnc(-c2cc(C(=O)N[C@@H](CCCCN)C(N)=O)ccn2)c1)C(N)=O. The molecule has 0 spiro atoms. The van der Waals surface area contributed by atoms with Crippen LogP contribution in [0.4, 0.5) is 0 Å². The van der Waals surface area contributed by atoms with Crippen molar-refractivity contribution in [1.29, 1.82) is 0 Å². The van der Waals surface area contributed by atoms with Crippen LogP contribution < -0.4 is 33.6 Å². The fraction of sp³-hybridized carbons (Fsp3) is 0.417. The Balaban J connectivity index is 2.16. The van der Waals surface area contributed by atoms with Crippen molar-refractivity contribution < 1.29 is 19.2 Å². The van der Waals surface area contributed by atoms with Crippen molar-refractivity contribution in [3.8, 4) is 11.4 Å². The molecule has 2 rings (SSSR count). The molecule has 194 valence electrons. The number of nitrogens with one attached hydrogen (secondary N) is 2. The van der Waals surface area contributed by atoms with Crippen molar-refractivity contribution in [2.24, 2.45) is 22.9 Å². The number of primary amides is 2. The van der Waals surface area contributed by atoms with Crippen LogP contribution in [0.25, 0.3) is 11.4 Å². The maximum atomic E-state index is 12.7. The molecule has 2 aromatic heterocycles. The summed E-state index contributed by atoms with van der Waals surface area (Å²) in [6, 6.07) is 4.33. The quantitative estimate of drug-likeness (QED) is 0.176. The lowest BCUT2D eigenvalue weighted by molar-refractivity contribution is -0.120. The van der Waals surface area contributed by atoms with Crippen LogP contribution in [0.1, 0.15) is 59.2 Å². The van der Waals surface area contributed by atoms with Gasteiger partial charge in [0.25, 0.3) is 11.8 Å². The first-order chi connectivity index (χ1) is 17.3. The van der Waals surface area contributed by atoms with E-state index in [1.165, 1.54) is 36.7 Å². The third-order valence-corrected chi connectivity index (χ3v) is 5.50. The number of aromatic nitrogens is 2. The molecule has 0 radical (unpaired) electrons. The highest BCUT2D eigenvalue weighted by Crippen LogP contribution is 2.17. The Morgan fingerprint density at radius 3 is 1.42 bits per heavy atom. The van der Waals surface area contributed by atoms with Gasteiger partial charge < -0.3 is 33.6 Å². The lowest BCUT2D eigenvalue weighted by Gasteiger charge is -2.16. The third kappa shape index (κ3) is 8.71. The van der Waals surface area contributed by atoms with Gasteiger partial charge in [0.05, 0.1) is 11.4 Å². The third-order valence-electron chi connectivity index (χ3n) is 5.50. The predicted octanol–water partition coefficient (Wildman–Crippen LogP) is -0.431. The van der Waals surface area contributed by atoms with E-state index in [1.807, 2.05) is 0 Å². The van der Waals surface area contributed by atoms with Crippen molar-refractivity contribution in [3.63, 3.8) is 0 Å². The van der Waals surface area contributed by atoms with Gasteiger partial charge >= 0.3 is 0 Å². The maximum Gasteiger partial charge on any atom is 0.252 e. The number of hydrogen-bond donors (Lipinski definition) is 6. The summed E-state index contributed by atoms with van der Waals surface area (Å²) in [7, 11) is 0. The van der Waals surface area contributed by atoms with E-state index in [1.54, 1.807) is 0 Å². The Morgan fingerprint density at radius 1 is 0.694 bits per heavy atom. The highest BCUT2D eigenvalue weighted by Gasteiger charge is 2.21. The highest BCUT2D eigenvalue weighted by atomic mass is 16.2. The predicted molar refractivity (Wildman–Crippen MR) is 134 cm³/mol. The molecule has 0 unspecified atom stereocenters. The van der Waals surface area contributed by atoms with Gasteiger partial charge in [-0.2, -0.15) is 0 Å². The van der Waals surface area contributed by atoms with Gasteiger partial charge in [0, 0.05) is 23.5 Å².